The van der Waals surface area contributed by atoms with Gasteiger partial charge in [0.1, 0.15) is 0 Å². The Bertz CT molecular complexity index is 1200. The molecule has 0 saturated carbocycles. The van der Waals surface area contributed by atoms with E-state index in [1.165, 1.54) is 25.0 Å². The molecule has 2 aromatic carbocycles. The predicted octanol–water partition coefficient (Wildman–Crippen LogP) is 4.03. The molecule has 174 valence electrons. The molecule has 3 rings (SSSR count). The Hall–Kier alpha value is -3.68. The number of esters is 1. The highest BCUT2D eigenvalue weighted by Crippen LogP contribution is 2.27. The number of ether oxygens (including phenoxy) is 3. The third-order valence-electron chi connectivity index (χ3n) is 5.32. The minimum Gasteiger partial charge on any atom is -0.493 e. The highest BCUT2D eigenvalue weighted by molar-refractivity contribution is 6.04. The van der Waals surface area contributed by atoms with E-state index in [-0.39, 0.29) is 11.3 Å². The maximum absolute atomic E-state index is 12.9. The third-order valence-corrected chi connectivity index (χ3v) is 5.32. The number of carbonyl (C=O) groups is 2. The molecule has 1 aromatic heterocycles. The number of nitrogens with zero attached hydrogens (tertiary/aromatic N) is 2. The number of methoxy groups -OCH3 is 2. The second kappa shape index (κ2) is 11.3. The monoisotopic (exact) mass is 452 g/mol. The molecule has 0 amide bonds. The van der Waals surface area contributed by atoms with E-state index in [0.717, 1.165) is 25.7 Å². The average Bonchev–Trinajstić information content (AvgIpc) is 2.85. The van der Waals surface area contributed by atoms with Gasteiger partial charge in [0.05, 0.1) is 19.6 Å². The van der Waals surface area contributed by atoms with Crippen LogP contribution in [0.3, 0.4) is 0 Å². The number of carbonyl (C=O) groups excluding carboxylic acids is 2. The van der Waals surface area contributed by atoms with E-state index in [1.807, 2.05) is 0 Å². The van der Waals surface area contributed by atoms with Crippen LogP contribution >= 0.6 is 0 Å². The maximum Gasteiger partial charge on any atom is 0.359 e. The molecule has 3 aromatic rings. The van der Waals surface area contributed by atoms with E-state index in [1.54, 1.807) is 36.4 Å². The summed E-state index contributed by atoms with van der Waals surface area (Å²) in [6, 6.07) is 11.5. The molecule has 1 heterocycles. The summed E-state index contributed by atoms with van der Waals surface area (Å²) < 4.78 is 17.0. The minimum atomic E-state index is -0.762. The first-order chi connectivity index (χ1) is 16.0. The van der Waals surface area contributed by atoms with Crippen molar-refractivity contribution in [1.82, 2.24) is 9.78 Å². The lowest BCUT2D eigenvalue weighted by molar-refractivity contribution is 0.0468. The molecule has 0 fully saturated rings. The van der Waals surface area contributed by atoms with Gasteiger partial charge in [-0.1, -0.05) is 44.4 Å². The minimum absolute atomic E-state index is 0.0146. The Morgan fingerprint density at radius 1 is 0.939 bits per heavy atom. The normalized spacial score (nSPS) is 10.8. The Balaban J connectivity index is 1.81. The fourth-order valence-electron chi connectivity index (χ4n) is 3.52. The summed E-state index contributed by atoms with van der Waals surface area (Å²) in [7, 11) is 2.97. The highest BCUT2D eigenvalue weighted by Gasteiger charge is 2.20. The van der Waals surface area contributed by atoms with E-state index < -0.39 is 18.4 Å². The zero-order valence-corrected chi connectivity index (χ0v) is 19.1. The van der Waals surface area contributed by atoms with Crippen LogP contribution in [0.1, 0.15) is 53.5 Å². The second-order valence-electron chi connectivity index (χ2n) is 7.55. The molecule has 0 atom stereocenters. The van der Waals surface area contributed by atoms with Crippen LogP contribution < -0.4 is 15.0 Å². The highest BCUT2D eigenvalue weighted by atomic mass is 16.5. The molecule has 33 heavy (non-hydrogen) atoms. The average molecular weight is 453 g/mol. The molecule has 0 aliphatic rings. The summed E-state index contributed by atoms with van der Waals surface area (Å²) in [6.07, 6.45) is 3.89. The number of fused-ring (bicyclic) bond motifs is 1. The smallest absolute Gasteiger partial charge is 0.359 e. The second-order valence-corrected chi connectivity index (χ2v) is 7.55. The fraction of sp³-hybridized carbons (Fsp3) is 0.360. The molecule has 0 aliphatic carbocycles. The Labute approximate surface area is 192 Å². The van der Waals surface area contributed by atoms with Gasteiger partial charge in [-0.3, -0.25) is 9.59 Å². The molecule has 0 saturated heterocycles. The lowest BCUT2D eigenvalue weighted by atomic mass is 10.1. The van der Waals surface area contributed by atoms with Crippen molar-refractivity contribution in [1.29, 1.82) is 0 Å². The zero-order chi connectivity index (χ0) is 23.8. The molecule has 0 radical (unpaired) electrons. The number of unbranched alkanes of at least 4 members (excludes halogenated alkanes) is 3. The van der Waals surface area contributed by atoms with Crippen LogP contribution in [0, 0.1) is 0 Å². The number of benzene rings is 2. The molecule has 8 nitrogen and oxygen atoms in total. The van der Waals surface area contributed by atoms with Crippen molar-refractivity contribution < 1.29 is 23.8 Å². The Kier molecular flexibility index (Phi) is 8.18. The SMILES string of the molecule is CCCCCCn1nc(C(=O)OCC(=O)c2ccc(OC)c(OC)c2)c2ccccc2c1=O. The summed E-state index contributed by atoms with van der Waals surface area (Å²) in [6.45, 7) is 2.05. The van der Waals surface area contributed by atoms with Gasteiger partial charge in [0.15, 0.2) is 29.6 Å². The molecule has 0 aliphatic heterocycles. The van der Waals surface area contributed by atoms with Crippen molar-refractivity contribution in [3.63, 3.8) is 0 Å². The van der Waals surface area contributed by atoms with Gasteiger partial charge in [0, 0.05) is 17.5 Å². The summed E-state index contributed by atoms with van der Waals surface area (Å²) in [5.74, 6) is -0.274. The number of aryl methyl sites for hydroxylation is 1. The van der Waals surface area contributed by atoms with Gasteiger partial charge in [-0.2, -0.15) is 5.10 Å². The third kappa shape index (κ3) is 5.58. The summed E-state index contributed by atoms with van der Waals surface area (Å²) in [5.41, 5.74) is 0.0833. The topological polar surface area (TPSA) is 96.7 Å². The standard InChI is InChI=1S/C25H28N2O6/c1-4-5-6-9-14-27-24(29)19-11-8-7-10-18(19)23(26-27)25(30)33-16-20(28)17-12-13-21(31-2)22(15-17)32-3/h7-8,10-13,15H,4-6,9,14,16H2,1-3H3. The summed E-state index contributed by atoms with van der Waals surface area (Å²) >= 11 is 0. The van der Waals surface area contributed by atoms with Gasteiger partial charge in [0.25, 0.3) is 5.56 Å². The van der Waals surface area contributed by atoms with Crippen LogP contribution in [0.4, 0.5) is 0 Å². The van der Waals surface area contributed by atoms with Crippen LogP contribution in [-0.2, 0) is 11.3 Å². The van der Waals surface area contributed by atoms with Gasteiger partial charge in [-0.05, 0) is 30.7 Å². The number of ketones is 1. The lowest BCUT2D eigenvalue weighted by Crippen LogP contribution is -2.27. The molecular formula is C25H28N2O6. The van der Waals surface area contributed by atoms with Crippen molar-refractivity contribution in [3.05, 3.63) is 64.1 Å². The van der Waals surface area contributed by atoms with Gasteiger partial charge in [-0.25, -0.2) is 9.48 Å². The summed E-state index contributed by atoms with van der Waals surface area (Å²) in [5, 5.41) is 5.07. The molecular weight excluding hydrogens is 424 g/mol. The van der Waals surface area contributed by atoms with E-state index in [0.29, 0.717) is 34.4 Å². The molecule has 0 spiro atoms. The van der Waals surface area contributed by atoms with E-state index >= 15 is 0 Å². The van der Waals surface area contributed by atoms with Crippen LogP contribution in [0.15, 0.2) is 47.3 Å². The van der Waals surface area contributed by atoms with Gasteiger partial charge in [0.2, 0.25) is 0 Å². The van der Waals surface area contributed by atoms with Crippen LogP contribution in [0.5, 0.6) is 11.5 Å². The van der Waals surface area contributed by atoms with Crippen molar-refractivity contribution in [2.24, 2.45) is 0 Å². The van der Waals surface area contributed by atoms with Crippen LogP contribution in [-0.4, -0.2) is 42.4 Å². The van der Waals surface area contributed by atoms with Crippen LogP contribution in [0.25, 0.3) is 10.8 Å². The predicted molar refractivity (Wildman–Crippen MR) is 124 cm³/mol. The first kappa shape index (κ1) is 24.0. The van der Waals surface area contributed by atoms with Crippen molar-refractivity contribution in [2.45, 2.75) is 39.2 Å². The molecule has 0 unspecified atom stereocenters. The summed E-state index contributed by atoms with van der Waals surface area (Å²) in [4.78, 5) is 38.3. The quantitative estimate of drug-likeness (QED) is 0.246. The number of rotatable bonds is 11. The number of hydrogen-bond donors (Lipinski definition) is 0. The first-order valence-electron chi connectivity index (χ1n) is 10.9. The molecule has 0 bridgehead atoms. The van der Waals surface area contributed by atoms with Crippen LogP contribution in [0.2, 0.25) is 0 Å². The van der Waals surface area contributed by atoms with E-state index in [4.69, 9.17) is 14.2 Å². The Morgan fingerprint density at radius 2 is 1.67 bits per heavy atom. The van der Waals surface area contributed by atoms with E-state index in [9.17, 15) is 14.4 Å². The Morgan fingerprint density at radius 3 is 2.36 bits per heavy atom. The van der Waals surface area contributed by atoms with Gasteiger partial charge < -0.3 is 14.2 Å². The van der Waals surface area contributed by atoms with Gasteiger partial charge in [-0.15, -0.1) is 0 Å². The van der Waals surface area contributed by atoms with E-state index in [2.05, 4.69) is 12.0 Å². The van der Waals surface area contributed by atoms with Crippen molar-refractivity contribution in [3.8, 4) is 11.5 Å². The zero-order valence-electron chi connectivity index (χ0n) is 19.1. The fourth-order valence-corrected chi connectivity index (χ4v) is 3.52. The molecule has 8 heteroatoms. The maximum atomic E-state index is 12.9. The van der Waals surface area contributed by atoms with Crippen molar-refractivity contribution in [2.75, 3.05) is 20.8 Å². The number of hydrogen-bond acceptors (Lipinski definition) is 7. The lowest BCUT2D eigenvalue weighted by Gasteiger charge is -2.11. The first-order valence-corrected chi connectivity index (χ1v) is 10.9. The molecule has 0 N–H and O–H groups in total. The number of Topliss-reactive ketones (excluding diaryl/α,β-unsaturated/α-hetero) is 1. The number of aromatic nitrogens is 2. The van der Waals surface area contributed by atoms with Gasteiger partial charge >= 0.3 is 5.97 Å². The largest absolute Gasteiger partial charge is 0.493 e. The van der Waals surface area contributed by atoms with Crippen molar-refractivity contribution >= 4 is 22.5 Å².